The first-order valence-corrected chi connectivity index (χ1v) is 8.48. The van der Waals surface area contributed by atoms with E-state index in [1.807, 2.05) is 0 Å². The predicted octanol–water partition coefficient (Wildman–Crippen LogP) is 1.87. The Hall–Kier alpha value is -1.60. The van der Waals surface area contributed by atoms with Crippen LogP contribution >= 0.6 is 0 Å². The lowest BCUT2D eigenvalue weighted by Gasteiger charge is -2.25. The number of hydrogen-bond donors (Lipinski definition) is 2. The Bertz CT molecular complexity index is 622. The zero-order chi connectivity index (χ0) is 15.5. The number of nitrogens with two attached hydrogens (primary N) is 1. The first-order chi connectivity index (χ1) is 9.91. The fraction of sp³-hybridized carbons (Fsp3) is 0.500. The molecular weight excluding hydrogens is 292 g/mol. The van der Waals surface area contributed by atoms with Gasteiger partial charge in [-0.25, -0.2) is 18.4 Å². The summed E-state index contributed by atoms with van der Waals surface area (Å²) in [5.74, 6) is -0.584. The molecule has 116 valence electrons. The second-order valence-electron chi connectivity index (χ2n) is 5.22. The summed E-state index contributed by atoms with van der Waals surface area (Å²) >= 11 is 0. The molecule has 0 amide bonds. The van der Waals surface area contributed by atoms with E-state index in [4.69, 9.17) is 9.88 Å². The smallest absolute Gasteiger partial charge is 0.340 e. The monoisotopic (exact) mass is 312 g/mol. The molecule has 1 aliphatic carbocycles. The van der Waals surface area contributed by atoms with Gasteiger partial charge in [-0.3, -0.25) is 0 Å². The number of primary sulfonamides is 1. The fourth-order valence-electron chi connectivity index (χ4n) is 2.57. The molecule has 0 aromatic heterocycles. The Morgan fingerprint density at radius 2 is 1.95 bits per heavy atom. The standard InChI is InChI=1S/C14H20N2O4S/c1-20-14(17)12-9-11(21(15,18)19)7-8-13(12)16-10-5-3-2-4-6-10/h7-10,16H,2-6H2,1H3,(H2,15,18,19). The van der Waals surface area contributed by atoms with Gasteiger partial charge in [-0.1, -0.05) is 19.3 Å². The van der Waals surface area contributed by atoms with Crippen molar-refractivity contribution in [1.29, 1.82) is 0 Å². The lowest BCUT2D eigenvalue weighted by molar-refractivity contribution is 0.0601. The molecule has 1 aromatic carbocycles. The maximum Gasteiger partial charge on any atom is 0.340 e. The van der Waals surface area contributed by atoms with Crippen molar-refractivity contribution in [2.24, 2.45) is 5.14 Å². The highest BCUT2D eigenvalue weighted by Gasteiger charge is 2.20. The molecule has 0 spiro atoms. The molecular formula is C14H20N2O4S. The summed E-state index contributed by atoms with van der Waals surface area (Å²) in [4.78, 5) is 11.8. The third-order valence-corrected chi connectivity index (χ3v) is 4.60. The summed E-state index contributed by atoms with van der Waals surface area (Å²) in [7, 11) is -2.59. The number of nitrogens with one attached hydrogen (secondary N) is 1. The van der Waals surface area contributed by atoms with Crippen LogP contribution in [0.3, 0.4) is 0 Å². The lowest BCUT2D eigenvalue weighted by Crippen LogP contribution is -2.24. The molecule has 0 radical (unpaired) electrons. The molecule has 1 saturated carbocycles. The van der Waals surface area contributed by atoms with E-state index in [1.165, 1.54) is 25.7 Å². The summed E-state index contributed by atoms with van der Waals surface area (Å²) in [5, 5.41) is 8.41. The van der Waals surface area contributed by atoms with Crippen molar-refractivity contribution in [3.8, 4) is 0 Å². The van der Waals surface area contributed by atoms with E-state index in [9.17, 15) is 13.2 Å². The van der Waals surface area contributed by atoms with E-state index < -0.39 is 16.0 Å². The predicted molar refractivity (Wildman–Crippen MR) is 79.7 cm³/mol. The van der Waals surface area contributed by atoms with Gasteiger partial charge in [0.25, 0.3) is 0 Å². The minimum atomic E-state index is -3.85. The molecule has 21 heavy (non-hydrogen) atoms. The normalized spacial score (nSPS) is 16.5. The summed E-state index contributed by atoms with van der Waals surface area (Å²) in [6.07, 6.45) is 5.61. The highest BCUT2D eigenvalue weighted by molar-refractivity contribution is 7.89. The number of anilines is 1. The highest BCUT2D eigenvalue weighted by Crippen LogP contribution is 2.26. The van der Waals surface area contributed by atoms with Crippen molar-refractivity contribution in [2.45, 2.75) is 43.0 Å². The van der Waals surface area contributed by atoms with Gasteiger partial charge < -0.3 is 10.1 Å². The van der Waals surface area contributed by atoms with Crippen LogP contribution in [0, 0.1) is 0 Å². The number of ether oxygens (including phenoxy) is 1. The van der Waals surface area contributed by atoms with Gasteiger partial charge in [-0.2, -0.15) is 0 Å². The van der Waals surface area contributed by atoms with Crippen LogP contribution < -0.4 is 10.5 Å². The molecule has 1 fully saturated rings. The van der Waals surface area contributed by atoms with Gasteiger partial charge in [-0.15, -0.1) is 0 Å². The first kappa shape index (κ1) is 15.8. The van der Waals surface area contributed by atoms with Crippen LogP contribution in [-0.2, 0) is 14.8 Å². The number of methoxy groups -OCH3 is 1. The van der Waals surface area contributed by atoms with Crippen molar-refractivity contribution in [1.82, 2.24) is 0 Å². The minimum Gasteiger partial charge on any atom is -0.465 e. The van der Waals surface area contributed by atoms with Crippen LogP contribution in [0.5, 0.6) is 0 Å². The van der Waals surface area contributed by atoms with Crippen LogP contribution in [0.15, 0.2) is 23.1 Å². The van der Waals surface area contributed by atoms with Crippen LogP contribution in [0.2, 0.25) is 0 Å². The van der Waals surface area contributed by atoms with Crippen molar-refractivity contribution >= 4 is 21.7 Å². The SMILES string of the molecule is COC(=O)c1cc(S(N)(=O)=O)ccc1NC1CCCCC1. The Morgan fingerprint density at radius 1 is 1.29 bits per heavy atom. The van der Waals surface area contributed by atoms with Crippen LogP contribution in [0.4, 0.5) is 5.69 Å². The number of sulfonamides is 1. The average molecular weight is 312 g/mol. The molecule has 0 bridgehead atoms. The Labute approximate surface area is 124 Å². The van der Waals surface area contributed by atoms with Crippen molar-refractivity contribution in [3.05, 3.63) is 23.8 Å². The van der Waals surface area contributed by atoms with Gasteiger partial charge >= 0.3 is 5.97 Å². The van der Waals surface area contributed by atoms with E-state index in [0.717, 1.165) is 25.7 Å². The average Bonchev–Trinajstić information content (AvgIpc) is 2.47. The fourth-order valence-corrected chi connectivity index (χ4v) is 3.11. The first-order valence-electron chi connectivity index (χ1n) is 6.93. The van der Waals surface area contributed by atoms with Gasteiger partial charge in [0.2, 0.25) is 10.0 Å². The summed E-state index contributed by atoms with van der Waals surface area (Å²) < 4.78 is 27.5. The van der Waals surface area contributed by atoms with Crippen molar-refractivity contribution < 1.29 is 17.9 Å². The maximum atomic E-state index is 11.9. The second-order valence-corrected chi connectivity index (χ2v) is 6.78. The highest BCUT2D eigenvalue weighted by atomic mass is 32.2. The molecule has 0 unspecified atom stereocenters. The van der Waals surface area contributed by atoms with Crippen LogP contribution in [0.25, 0.3) is 0 Å². The third-order valence-electron chi connectivity index (χ3n) is 3.69. The van der Waals surface area contributed by atoms with E-state index in [2.05, 4.69) is 5.32 Å². The van der Waals surface area contributed by atoms with E-state index in [1.54, 1.807) is 6.07 Å². The number of carbonyl (C=O) groups excluding carboxylic acids is 1. The molecule has 0 atom stereocenters. The summed E-state index contributed by atoms with van der Waals surface area (Å²) in [6.45, 7) is 0. The van der Waals surface area contributed by atoms with Crippen molar-refractivity contribution in [2.75, 3.05) is 12.4 Å². The lowest BCUT2D eigenvalue weighted by atomic mass is 9.95. The second kappa shape index (κ2) is 6.44. The molecule has 7 heteroatoms. The Balaban J connectivity index is 2.33. The molecule has 0 saturated heterocycles. The zero-order valence-electron chi connectivity index (χ0n) is 12.0. The molecule has 0 aliphatic heterocycles. The van der Waals surface area contributed by atoms with Gasteiger partial charge in [0.1, 0.15) is 0 Å². The molecule has 1 aliphatic rings. The molecule has 1 aromatic rings. The maximum absolute atomic E-state index is 11.9. The van der Waals surface area contributed by atoms with Gasteiger partial charge in [0.05, 0.1) is 17.6 Å². The topological polar surface area (TPSA) is 98.5 Å². The van der Waals surface area contributed by atoms with Gasteiger partial charge in [0, 0.05) is 11.7 Å². The molecule has 3 N–H and O–H groups in total. The van der Waals surface area contributed by atoms with E-state index in [0.29, 0.717) is 11.7 Å². The van der Waals surface area contributed by atoms with Crippen LogP contribution in [-0.4, -0.2) is 27.5 Å². The quantitative estimate of drug-likeness (QED) is 0.827. The van der Waals surface area contributed by atoms with E-state index >= 15 is 0 Å². The van der Waals surface area contributed by atoms with Crippen LogP contribution in [0.1, 0.15) is 42.5 Å². The summed E-state index contributed by atoms with van der Waals surface area (Å²) in [6, 6.07) is 4.52. The summed E-state index contributed by atoms with van der Waals surface area (Å²) in [5.41, 5.74) is 0.774. The molecule has 2 rings (SSSR count). The number of rotatable bonds is 4. The Kier molecular flexibility index (Phi) is 4.84. The Morgan fingerprint density at radius 3 is 2.52 bits per heavy atom. The largest absolute Gasteiger partial charge is 0.465 e. The molecule has 0 heterocycles. The number of carbonyl (C=O) groups is 1. The van der Waals surface area contributed by atoms with E-state index in [-0.39, 0.29) is 10.5 Å². The number of esters is 1. The number of hydrogen-bond acceptors (Lipinski definition) is 5. The number of benzene rings is 1. The third kappa shape index (κ3) is 3.95. The van der Waals surface area contributed by atoms with Crippen molar-refractivity contribution in [3.63, 3.8) is 0 Å². The minimum absolute atomic E-state index is 0.0999. The van der Waals surface area contributed by atoms with Gasteiger partial charge in [0.15, 0.2) is 0 Å². The molecule has 6 nitrogen and oxygen atoms in total. The van der Waals surface area contributed by atoms with Gasteiger partial charge in [-0.05, 0) is 31.0 Å². The zero-order valence-corrected chi connectivity index (χ0v) is 12.8.